The van der Waals surface area contributed by atoms with E-state index in [2.05, 4.69) is 9.97 Å². The largest absolute Gasteiger partial charge is 0.464 e. The molecule has 1 aromatic heterocycles. The zero-order valence-corrected chi connectivity index (χ0v) is 9.79. The van der Waals surface area contributed by atoms with E-state index in [-0.39, 0.29) is 5.03 Å². The Hall–Kier alpha value is -2.35. The second-order valence-electron chi connectivity index (χ2n) is 3.20. The maximum atomic E-state index is 10.9. The van der Waals surface area contributed by atoms with E-state index in [0.717, 1.165) is 0 Å². The van der Waals surface area contributed by atoms with Gasteiger partial charge in [-0.2, -0.15) is 4.31 Å². The fraction of sp³-hybridized carbons (Fsp3) is 0. The summed E-state index contributed by atoms with van der Waals surface area (Å²) in [4.78, 5) is 29.9. The van der Waals surface area contributed by atoms with Crippen molar-refractivity contribution in [3.05, 3.63) is 30.5 Å². The Balaban J connectivity index is 2.31. The third-order valence-corrected chi connectivity index (χ3v) is 2.89. The summed E-state index contributed by atoms with van der Waals surface area (Å²) in [6.07, 6.45) is -0.0752. The Kier molecular flexibility index (Phi) is 3.28. The first kappa shape index (κ1) is 12.1. The van der Waals surface area contributed by atoms with Gasteiger partial charge in [0.05, 0.1) is 17.2 Å². The molecule has 0 spiro atoms. The summed E-state index contributed by atoms with van der Waals surface area (Å²) < 4.78 is 0.388. The Morgan fingerprint density at radius 1 is 1.28 bits per heavy atom. The summed E-state index contributed by atoms with van der Waals surface area (Å²) in [7, 11) is 0. The summed E-state index contributed by atoms with van der Waals surface area (Å²) in [5, 5.41) is 9.05. The normalized spacial score (nSPS) is 10.2. The Morgan fingerprint density at radius 2 is 1.94 bits per heavy atom. The van der Waals surface area contributed by atoms with Crippen molar-refractivity contribution >= 4 is 35.1 Å². The molecule has 0 fully saturated rings. The minimum absolute atomic E-state index is 0.273. The maximum Gasteiger partial charge on any atom is 0.426 e. The van der Waals surface area contributed by atoms with E-state index in [9.17, 15) is 9.59 Å². The number of carboxylic acid groups (broad SMARTS) is 1. The first-order valence-corrected chi connectivity index (χ1v) is 5.57. The van der Waals surface area contributed by atoms with Crippen LogP contribution in [0.3, 0.4) is 0 Å². The molecule has 0 saturated carbocycles. The lowest BCUT2D eigenvalue weighted by Crippen LogP contribution is -2.34. The number of fused-ring (bicyclic) bond motifs is 1. The SMILES string of the molecule is NC(=O)N(Sc1cnc2ccccc2n1)C(=O)O. The van der Waals surface area contributed by atoms with Gasteiger partial charge in [-0.05, 0) is 12.1 Å². The molecule has 0 radical (unpaired) electrons. The van der Waals surface area contributed by atoms with Crippen LogP contribution in [0.4, 0.5) is 9.59 Å². The minimum atomic E-state index is -1.46. The summed E-state index contributed by atoms with van der Waals surface area (Å²) in [5.74, 6) is 0. The van der Waals surface area contributed by atoms with Gasteiger partial charge in [0.2, 0.25) is 0 Å². The molecule has 3 amide bonds. The van der Waals surface area contributed by atoms with Gasteiger partial charge in [-0.1, -0.05) is 12.1 Å². The number of hydrogen-bond donors (Lipinski definition) is 2. The van der Waals surface area contributed by atoms with Crippen LogP contribution in [-0.4, -0.2) is 31.5 Å². The van der Waals surface area contributed by atoms with Crippen LogP contribution in [0, 0.1) is 0 Å². The molecule has 1 heterocycles. The van der Waals surface area contributed by atoms with E-state index in [1.165, 1.54) is 6.20 Å². The Labute approximate surface area is 106 Å². The molecule has 2 aromatic rings. The van der Waals surface area contributed by atoms with Gasteiger partial charge in [0.15, 0.2) is 0 Å². The van der Waals surface area contributed by atoms with Gasteiger partial charge in [-0.25, -0.2) is 14.6 Å². The van der Waals surface area contributed by atoms with Crippen molar-refractivity contribution in [1.82, 2.24) is 14.3 Å². The number of aromatic nitrogens is 2. The van der Waals surface area contributed by atoms with Crippen molar-refractivity contribution in [2.24, 2.45) is 5.73 Å². The summed E-state index contributed by atoms with van der Waals surface area (Å²) >= 11 is 0.605. The van der Waals surface area contributed by atoms with Gasteiger partial charge in [-0.3, -0.25) is 4.98 Å². The number of para-hydroxylation sites is 2. The van der Waals surface area contributed by atoms with Crippen molar-refractivity contribution in [3.8, 4) is 0 Å². The molecule has 0 bridgehead atoms. The molecule has 18 heavy (non-hydrogen) atoms. The number of carbonyl (C=O) groups excluding carboxylic acids is 1. The number of imide groups is 1. The van der Waals surface area contributed by atoms with Crippen molar-refractivity contribution in [2.75, 3.05) is 0 Å². The second kappa shape index (κ2) is 4.88. The molecule has 0 unspecified atom stereocenters. The topological polar surface area (TPSA) is 109 Å². The number of nitrogens with two attached hydrogens (primary N) is 1. The van der Waals surface area contributed by atoms with E-state index >= 15 is 0 Å². The number of urea groups is 1. The quantitative estimate of drug-likeness (QED) is 0.799. The number of nitrogens with zero attached hydrogens (tertiary/aromatic N) is 3. The van der Waals surface area contributed by atoms with E-state index in [1.54, 1.807) is 18.2 Å². The van der Waals surface area contributed by atoms with Crippen LogP contribution < -0.4 is 5.73 Å². The molecular weight excluding hydrogens is 256 g/mol. The summed E-state index contributed by atoms with van der Waals surface area (Å²) in [6, 6.07) is 6.04. The van der Waals surface area contributed by atoms with E-state index in [1.807, 2.05) is 6.07 Å². The highest BCUT2D eigenvalue weighted by atomic mass is 32.2. The fourth-order valence-corrected chi connectivity index (χ4v) is 1.85. The van der Waals surface area contributed by atoms with Gasteiger partial charge in [0.1, 0.15) is 5.03 Å². The zero-order chi connectivity index (χ0) is 13.1. The van der Waals surface area contributed by atoms with Crippen LogP contribution >= 0.6 is 11.9 Å². The fourth-order valence-electron chi connectivity index (χ4n) is 1.26. The highest BCUT2D eigenvalue weighted by Crippen LogP contribution is 2.21. The molecule has 0 aliphatic heterocycles. The minimum Gasteiger partial charge on any atom is -0.464 e. The smallest absolute Gasteiger partial charge is 0.426 e. The van der Waals surface area contributed by atoms with Crippen LogP contribution in [0.2, 0.25) is 0 Å². The van der Waals surface area contributed by atoms with Crippen LogP contribution in [0.1, 0.15) is 0 Å². The average Bonchev–Trinajstić information content (AvgIpc) is 2.35. The Bertz CT molecular complexity index is 605. The van der Waals surface area contributed by atoms with E-state index in [0.29, 0.717) is 27.3 Å². The van der Waals surface area contributed by atoms with Crippen molar-refractivity contribution in [3.63, 3.8) is 0 Å². The summed E-state index contributed by atoms with van der Waals surface area (Å²) in [5.41, 5.74) is 6.23. The molecule has 0 aliphatic carbocycles. The number of primary amides is 1. The summed E-state index contributed by atoms with van der Waals surface area (Å²) in [6.45, 7) is 0. The van der Waals surface area contributed by atoms with Crippen LogP contribution in [0.25, 0.3) is 11.0 Å². The third-order valence-electron chi connectivity index (χ3n) is 1.99. The van der Waals surface area contributed by atoms with Crippen molar-refractivity contribution < 1.29 is 14.7 Å². The van der Waals surface area contributed by atoms with Crippen molar-refractivity contribution in [2.45, 2.75) is 5.03 Å². The molecule has 0 atom stereocenters. The predicted octanol–water partition coefficient (Wildman–Crippen LogP) is 1.70. The number of benzene rings is 1. The first-order valence-electron chi connectivity index (χ1n) is 4.80. The zero-order valence-electron chi connectivity index (χ0n) is 8.98. The molecule has 7 nitrogen and oxygen atoms in total. The van der Waals surface area contributed by atoms with Crippen molar-refractivity contribution in [1.29, 1.82) is 0 Å². The molecule has 3 N–H and O–H groups in total. The van der Waals surface area contributed by atoms with Crippen LogP contribution in [0.15, 0.2) is 35.5 Å². The lowest BCUT2D eigenvalue weighted by atomic mass is 10.3. The molecule has 1 aromatic carbocycles. The average molecular weight is 264 g/mol. The highest BCUT2D eigenvalue weighted by Gasteiger charge is 2.20. The third kappa shape index (κ3) is 2.48. The molecule has 0 saturated heterocycles. The highest BCUT2D eigenvalue weighted by molar-refractivity contribution is 7.98. The number of amides is 3. The standard InChI is InChI=1S/C10H8N4O3S/c11-9(15)14(10(16)17)18-8-5-12-6-3-1-2-4-7(6)13-8/h1-5H,(H2,11,15)(H,16,17). The van der Waals surface area contributed by atoms with Gasteiger partial charge in [0, 0.05) is 11.9 Å². The second-order valence-corrected chi connectivity index (χ2v) is 4.17. The molecular formula is C10H8N4O3S. The lowest BCUT2D eigenvalue weighted by molar-refractivity contribution is 0.176. The Morgan fingerprint density at radius 3 is 2.56 bits per heavy atom. The van der Waals surface area contributed by atoms with Gasteiger partial charge in [0.25, 0.3) is 0 Å². The number of hydrogen-bond acceptors (Lipinski definition) is 5. The maximum absolute atomic E-state index is 10.9. The molecule has 92 valence electrons. The molecule has 0 aliphatic rings. The molecule has 2 rings (SSSR count). The van der Waals surface area contributed by atoms with Gasteiger partial charge in [-0.15, -0.1) is 0 Å². The van der Waals surface area contributed by atoms with E-state index < -0.39 is 12.1 Å². The van der Waals surface area contributed by atoms with Crippen LogP contribution in [0.5, 0.6) is 0 Å². The monoisotopic (exact) mass is 264 g/mol. The van der Waals surface area contributed by atoms with Gasteiger partial charge >= 0.3 is 12.1 Å². The number of rotatable bonds is 2. The predicted molar refractivity (Wildman–Crippen MR) is 64.8 cm³/mol. The first-order chi connectivity index (χ1) is 8.58. The van der Waals surface area contributed by atoms with E-state index in [4.69, 9.17) is 10.8 Å². The lowest BCUT2D eigenvalue weighted by Gasteiger charge is -2.11. The molecule has 8 heteroatoms. The van der Waals surface area contributed by atoms with Crippen LogP contribution in [-0.2, 0) is 0 Å². The van der Waals surface area contributed by atoms with Gasteiger partial charge < -0.3 is 10.8 Å². The number of carbonyl (C=O) groups is 2.